The maximum absolute atomic E-state index is 13.1. The van der Waals surface area contributed by atoms with Crippen molar-refractivity contribution in [2.45, 2.75) is 76.6 Å². The van der Waals surface area contributed by atoms with Crippen molar-refractivity contribution < 1.29 is 22.5 Å². The van der Waals surface area contributed by atoms with Gasteiger partial charge in [0.05, 0.1) is 6.61 Å². The molecule has 0 aliphatic carbocycles. The van der Waals surface area contributed by atoms with Crippen molar-refractivity contribution >= 4 is 23.6 Å². The van der Waals surface area contributed by atoms with Crippen LogP contribution in [0.3, 0.4) is 0 Å². The van der Waals surface area contributed by atoms with Gasteiger partial charge in [-0.05, 0) is 16.6 Å². The molecule has 3 rings (SSSR count). The molecular weight excluding hydrogens is 412 g/mol. The molecule has 1 unspecified atom stereocenters. The lowest BCUT2D eigenvalue weighted by atomic mass is 10.1. The second-order valence-electron chi connectivity index (χ2n) is 8.58. The minimum absolute atomic E-state index is 0.129. The number of ketones is 1. The molecule has 0 aromatic carbocycles. The Labute approximate surface area is 172 Å². The molecule has 2 saturated heterocycles. The number of H-pyrrole nitrogens is 1. The molecule has 0 radical (unpaired) electrons. The standard InChI is InChI=1S/C18H30N2O7Si2/c1-10(2)28-26-16-13(9-24-29(27-28,11(3)4)12(5)6)25-17(15(16)22)20-8-7-14(21)19-18(20)23/h7-8,10-13,16-17,28H,9H2,1-6H3,(H,19,21,23)/t13-,16-,17-,28?/m1/s1. The molecule has 2 aliphatic heterocycles. The summed E-state index contributed by atoms with van der Waals surface area (Å²) in [6.07, 6.45) is -1.39. The summed E-state index contributed by atoms with van der Waals surface area (Å²) >= 11 is 0. The minimum atomic E-state index is -2.62. The molecule has 2 aliphatic rings. The van der Waals surface area contributed by atoms with Crippen LogP contribution in [0.1, 0.15) is 47.8 Å². The van der Waals surface area contributed by atoms with Crippen LogP contribution in [-0.4, -0.2) is 52.0 Å². The second kappa shape index (κ2) is 8.40. The lowest BCUT2D eigenvalue weighted by molar-refractivity contribution is -0.130. The zero-order valence-corrected chi connectivity index (χ0v) is 19.9. The molecule has 2 fully saturated rings. The minimum Gasteiger partial charge on any atom is -0.416 e. The number of Topliss-reactive ketones (excluding diaryl/α,β-unsaturated/α-hetero) is 1. The van der Waals surface area contributed by atoms with E-state index in [9.17, 15) is 14.4 Å². The average molecular weight is 443 g/mol. The number of nitrogens with one attached hydrogen (secondary N) is 1. The number of fused-ring (bicyclic) bond motifs is 1. The summed E-state index contributed by atoms with van der Waals surface area (Å²) in [4.78, 5) is 38.7. The quantitative estimate of drug-likeness (QED) is 0.701. The van der Waals surface area contributed by atoms with Crippen molar-refractivity contribution in [1.29, 1.82) is 0 Å². The highest BCUT2D eigenvalue weighted by atomic mass is 28.4. The fraction of sp³-hybridized carbons (Fsp3) is 0.722. The van der Waals surface area contributed by atoms with Gasteiger partial charge in [0.25, 0.3) is 5.56 Å². The predicted molar refractivity (Wildman–Crippen MR) is 110 cm³/mol. The molecule has 1 aromatic heterocycles. The van der Waals surface area contributed by atoms with Gasteiger partial charge in [0, 0.05) is 12.3 Å². The van der Waals surface area contributed by atoms with E-state index in [4.69, 9.17) is 17.7 Å². The first-order valence-electron chi connectivity index (χ1n) is 10.0. The zero-order chi connectivity index (χ0) is 21.5. The van der Waals surface area contributed by atoms with Crippen LogP contribution in [-0.2, 0) is 22.5 Å². The molecular formula is C18H30N2O7Si2. The van der Waals surface area contributed by atoms with Crippen LogP contribution in [0.25, 0.3) is 0 Å². The number of aromatic amines is 1. The Kier molecular flexibility index (Phi) is 6.46. The molecule has 1 aromatic rings. The van der Waals surface area contributed by atoms with Crippen molar-refractivity contribution in [3.05, 3.63) is 33.1 Å². The fourth-order valence-corrected chi connectivity index (χ4v) is 12.4. The van der Waals surface area contributed by atoms with E-state index in [1.54, 1.807) is 0 Å². The van der Waals surface area contributed by atoms with Crippen LogP contribution in [0, 0.1) is 0 Å². The number of rotatable bonds is 4. The number of hydrogen-bond acceptors (Lipinski definition) is 7. The van der Waals surface area contributed by atoms with Gasteiger partial charge in [-0.1, -0.05) is 41.5 Å². The molecule has 0 bridgehead atoms. The normalized spacial score (nSPS) is 29.9. The molecule has 4 atom stereocenters. The Hall–Kier alpha value is -1.38. The maximum Gasteiger partial charge on any atom is 0.334 e. The SMILES string of the molecule is CC(C)[SiH]1O[C@H]2C(=O)[C@H](n3ccc(=O)[nH]c3=O)O[C@@H]2CO[Si](C(C)C)(C(C)C)O1. The third-order valence-corrected chi connectivity index (χ3v) is 13.4. The number of carbonyl (C=O) groups excluding carboxylic acids is 1. The highest BCUT2D eigenvalue weighted by Gasteiger charge is 2.54. The first-order valence-corrected chi connectivity index (χ1v) is 13.6. The van der Waals surface area contributed by atoms with E-state index in [1.807, 2.05) is 13.8 Å². The molecule has 11 heteroatoms. The first-order chi connectivity index (χ1) is 13.6. The number of hydrogen-bond donors (Lipinski definition) is 1. The Morgan fingerprint density at radius 2 is 1.79 bits per heavy atom. The lowest BCUT2D eigenvalue weighted by Crippen LogP contribution is -2.58. The number of nitrogens with zero attached hydrogens (tertiary/aromatic N) is 1. The highest BCUT2D eigenvalue weighted by Crippen LogP contribution is 2.40. The predicted octanol–water partition coefficient (Wildman–Crippen LogP) is 1.33. The van der Waals surface area contributed by atoms with Gasteiger partial charge in [-0.15, -0.1) is 0 Å². The van der Waals surface area contributed by atoms with Gasteiger partial charge in [0.15, 0.2) is 6.23 Å². The molecule has 162 valence electrons. The third-order valence-electron chi connectivity index (χ3n) is 5.48. The smallest absolute Gasteiger partial charge is 0.334 e. The van der Waals surface area contributed by atoms with E-state index in [2.05, 4.69) is 32.7 Å². The van der Waals surface area contributed by atoms with E-state index >= 15 is 0 Å². The van der Waals surface area contributed by atoms with E-state index in [1.165, 1.54) is 12.3 Å². The van der Waals surface area contributed by atoms with Crippen LogP contribution < -0.4 is 11.2 Å². The van der Waals surface area contributed by atoms with Gasteiger partial charge in [0.1, 0.15) is 12.2 Å². The van der Waals surface area contributed by atoms with Crippen LogP contribution in [0.4, 0.5) is 0 Å². The van der Waals surface area contributed by atoms with Gasteiger partial charge in [-0.2, -0.15) is 0 Å². The highest BCUT2D eigenvalue weighted by molar-refractivity contribution is 6.76. The van der Waals surface area contributed by atoms with Crippen LogP contribution in [0.2, 0.25) is 16.6 Å². The summed E-state index contributed by atoms with van der Waals surface area (Å²) in [5, 5.41) is 0. The largest absolute Gasteiger partial charge is 0.416 e. The Balaban J connectivity index is 1.95. The van der Waals surface area contributed by atoms with Gasteiger partial charge in [-0.3, -0.25) is 19.1 Å². The van der Waals surface area contributed by atoms with E-state index in [-0.39, 0.29) is 29.0 Å². The Bertz CT molecular complexity index is 858. The molecule has 0 saturated carbocycles. The van der Waals surface area contributed by atoms with E-state index < -0.39 is 47.5 Å². The molecule has 29 heavy (non-hydrogen) atoms. The second-order valence-corrected chi connectivity index (χ2v) is 15.9. The van der Waals surface area contributed by atoms with E-state index in [0.717, 1.165) is 4.57 Å². The number of carbonyl (C=O) groups is 1. The number of ether oxygens (including phenoxy) is 1. The summed E-state index contributed by atoms with van der Waals surface area (Å²) in [5.74, 6) is -0.363. The monoisotopic (exact) mass is 442 g/mol. The average Bonchev–Trinajstić information content (AvgIpc) is 2.89. The maximum atomic E-state index is 13.1. The van der Waals surface area contributed by atoms with Gasteiger partial charge in [-0.25, -0.2) is 4.79 Å². The summed E-state index contributed by atoms with van der Waals surface area (Å²) in [6, 6.07) is 1.18. The van der Waals surface area contributed by atoms with Crippen molar-refractivity contribution in [2.75, 3.05) is 6.61 Å². The van der Waals surface area contributed by atoms with Crippen molar-refractivity contribution in [1.82, 2.24) is 9.55 Å². The molecule has 3 heterocycles. The van der Waals surface area contributed by atoms with Gasteiger partial charge >= 0.3 is 23.5 Å². The van der Waals surface area contributed by atoms with Crippen LogP contribution >= 0.6 is 0 Å². The molecule has 1 N–H and O–H groups in total. The first kappa shape index (κ1) is 22.3. The van der Waals surface area contributed by atoms with Crippen molar-refractivity contribution in [2.24, 2.45) is 0 Å². The summed E-state index contributed by atoms with van der Waals surface area (Å²) in [5.41, 5.74) is -0.706. The van der Waals surface area contributed by atoms with Crippen molar-refractivity contribution in [3.63, 3.8) is 0 Å². The van der Waals surface area contributed by atoms with Gasteiger partial charge in [0.2, 0.25) is 5.78 Å². The zero-order valence-electron chi connectivity index (χ0n) is 17.7. The molecule has 0 amide bonds. The summed E-state index contributed by atoms with van der Waals surface area (Å²) in [6.45, 7) is 12.6. The Morgan fingerprint density at radius 1 is 1.14 bits per heavy atom. The van der Waals surface area contributed by atoms with Crippen LogP contribution in [0.5, 0.6) is 0 Å². The van der Waals surface area contributed by atoms with Crippen LogP contribution in [0.15, 0.2) is 21.9 Å². The summed E-state index contributed by atoms with van der Waals surface area (Å²) in [7, 11) is -4.89. The third kappa shape index (κ3) is 4.12. The Morgan fingerprint density at radius 3 is 2.34 bits per heavy atom. The van der Waals surface area contributed by atoms with Crippen molar-refractivity contribution in [3.8, 4) is 0 Å². The topological polar surface area (TPSA) is 109 Å². The molecule has 0 spiro atoms. The van der Waals surface area contributed by atoms with Gasteiger partial charge < -0.3 is 17.7 Å². The fourth-order valence-electron chi connectivity index (χ4n) is 3.89. The van der Waals surface area contributed by atoms with E-state index in [0.29, 0.717) is 0 Å². The lowest BCUT2D eigenvalue weighted by Gasteiger charge is -2.44. The molecule has 9 nitrogen and oxygen atoms in total. The number of aromatic nitrogens is 2. The summed E-state index contributed by atoms with van der Waals surface area (Å²) < 4.78 is 26.3.